The first kappa shape index (κ1) is 23.1. The monoisotopic (exact) mass is 361 g/mol. The first-order chi connectivity index (χ1) is 11.6. The zero-order valence-corrected chi connectivity index (χ0v) is 15.3. The molecular weight excluding hydrogens is 330 g/mol. The lowest BCUT2D eigenvalue weighted by Crippen LogP contribution is -2.34. The number of carbonyl (C=O) groups is 3. The molecule has 5 N–H and O–H groups in total. The summed E-state index contributed by atoms with van der Waals surface area (Å²) in [6.45, 7) is 6.67. The molecule has 0 saturated carbocycles. The second-order valence-corrected chi connectivity index (χ2v) is 6.58. The molecule has 0 fully saturated rings. The molecule has 0 radical (unpaired) electrons. The normalized spacial score (nSPS) is 12.3. The molecule has 0 unspecified atom stereocenters. The Labute approximate surface area is 148 Å². The Morgan fingerprint density at radius 3 is 2.36 bits per heavy atom. The van der Waals surface area contributed by atoms with Crippen molar-refractivity contribution in [2.45, 2.75) is 58.1 Å². The van der Waals surface area contributed by atoms with E-state index in [1.54, 1.807) is 20.8 Å². The lowest BCUT2D eigenvalue weighted by atomic mass is 10.1. The van der Waals surface area contributed by atoms with Crippen molar-refractivity contribution in [3.63, 3.8) is 0 Å². The molecule has 9 nitrogen and oxygen atoms in total. The summed E-state index contributed by atoms with van der Waals surface area (Å²) in [5.41, 5.74) is 4.84. The SMILES string of the molecule is CC(C)(C)OC(=O)NCCOCCC(=O)NCCCC[C@H](N)C(=O)O. The average Bonchev–Trinajstić information content (AvgIpc) is 2.48. The third-order valence-corrected chi connectivity index (χ3v) is 2.97. The Balaban J connectivity index is 3.47. The fourth-order valence-corrected chi connectivity index (χ4v) is 1.74. The number of ether oxygens (including phenoxy) is 2. The molecule has 146 valence electrons. The van der Waals surface area contributed by atoms with Crippen LogP contribution in [0.4, 0.5) is 4.79 Å². The molecule has 0 spiro atoms. The van der Waals surface area contributed by atoms with E-state index in [2.05, 4.69) is 10.6 Å². The van der Waals surface area contributed by atoms with Gasteiger partial charge < -0.3 is 30.9 Å². The van der Waals surface area contributed by atoms with E-state index in [9.17, 15) is 14.4 Å². The number of nitrogens with two attached hydrogens (primary N) is 1. The van der Waals surface area contributed by atoms with Gasteiger partial charge in [0.25, 0.3) is 0 Å². The number of unbranched alkanes of at least 4 members (excludes halogenated alkanes) is 1. The second-order valence-electron chi connectivity index (χ2n) is 6.58. The standard InChI is InChI=1S/C16H31N3O6/c1-16(2,3)25-15(23)19-9-11-24-10-7-13(20)18-8-5-4-6-12(17)14(21)22/h12H,4-11,17H2,1-3H3,(H,18,20)(H,19,23)(H,21,22)/t12-/m0/s1. The highest BCUT2D eigenvalue weighted by atomic mass is 16.6. The van der Waals surface area contributed by atoms with E-state index in [4.69, 9.17) is 20.3 Å². The molecule has 9 heteroatoms. The number of alkyl carbamates (subject to hydrolysis) is 1. The van der Waals surface area contributed by atoms with E-state index in [-0.39, 0.29) is 18.9 Å². The fraction of sp³-hybridized carbons (Fsp3) is 0.812. The number of amides is 2. The van der Waals surface area contributed by atoms with Crippen LogP contribution in [0, 0.1) is 0 Å². The Bertz CT molecular complexity index is 423. The van der Waals surface area contributed by atoms with Crippen LogP contribution in [0.25, 0.3) is 0 Å². The van der Waals surface area contributed by atoms with Crippen LogP contribution in [0.5, 0.6) is 0 Å². The van der Waals surface area contributed by atoms with Crippen molar-refractivity contribution in [1.82, 2.24) is 10.6 Å². The zero-order chi connectivity index (χ0) is 19.3. The summed E-state index contributed by atoms with van der Waals surface area (Å²) in [5.74, 6) is -1.15. The van der Waals surface area contributed by atoms with Crippen LogP contribution in [0.2, 0.25) is 0 Å². The van der Waals surface area contributed by atoms with Gasteiger partial charge in [-0.3, -0.25) is 9.59 Å². The van der Waals surface area contributed by atoms with Crippen molar-refractivity contribution in [2.75, 3.05) is 26.3 Å². The van der Waals surface area contributed by atoms with E-state index in [1.807, 2.05) is 0 Å². The molecule has 0 aromatic heterocycles. The molecule has 0 bridgehead atoms. The van der Waals surface area contributed by atoms with Crippen LogP contribution in [0.3, 0.4) is 0 Å². The van der Waals surface area contributed by atoms with Gasteiger partial charge in [0.1, 0.15) is 11.6 Å². The molecule has 1 atom stereocenters. The summed E-state index contributed by atoms with van der Waals surface area (Å²) < 4.78 is 10.3. The second kappa shape index (κ2) is 12.5. The lowest BCUT2D eigenvalue weighted by Gasteiger charge is -2.19. The van der Waals surface area contributed by atoms with Crippen molar-refractivity contribution in [2.24, 2.45) is 5.73 Å². The van der Waals surface area contributed by atoms with Gasteiger partial charge in [-0.1, -0.05) is 0 Å². The van der Waals surface area contributed by atoms with E-state index in [0.29, 0.717) is 39.0 Å². The number of carboxylic acids is 1. The maximum atomic E-state index is 11.5. The van der Waals surface area contributed by atoms with Crippen LogP contribution in [-0.4, -0.2) is 61.0 Å². The molecule has 25 heavy (non-hydrogen) atoms. The summed E-state index contributed by atoms with van der Waals surface area (Å²) in [6.07, 6.45) is 1.42. The third-order valence-electron chi connectivity index (χ3n) is 2.97. The summed E-state index contributed by atoms with van der Waals surface area (Å²) in [6, 6.07) is -0.849. The van der Waals surface area contributed by atoms with E-state index in [0.717, 1.165) is 0 Å². The van der Waals surface area contributed by atoms with E-state index >= 15 is 0 Å². The number of hydrogen-bond donors (Lipinski definition) is 4. The van der Waals surface area contributed by atoms with Gasteiger partial charge in [0, 0.05) is 19.5 Å². The zero-order valence-electron chi connectivity index (χ0n) is 15.3. The largest absolute Gasteiger partial charge is 0.480 e. The maximum Gasteiger partial charge on any atom is 0.407 e. The molecular formula is C16H31N3O6. The first-order valence-corrected chi connectivity index (χ1v) is 8.41. The quantitative estimate of drug-likeness (QED) is 0.373. The molecule has 0 aromatic rings. The molecule has 0 saturated heterocycles. The molecule has 0 heterocycles. The lowest BCUT2D eigenvalue weighted by molar-refractivity contribution is -0.138. The summed E-state index contributed by atoms with van der Waals surface area (Å²) >= 11 is 0. The van der Waals surface area contributed by atoms with Gasteiger partial charge >= 0.3 is 12.1 Å². The third kappa shape index (κ3) is 15.4. The van der Waals surface area contributed by atoms with Gasteiger partial charge in [0.15, 0.2) is 0 Å². The predicted molar refractivity (Wildman–Crippen MR) is 92.1 cm³/mol. The van der Waals surface area contributed by atoms with Gasteiger partial charge in [0.2, 0.25) is 5.91 Å². The van der Waals surface area contributed by atoms with Gasteiger partial charge in [-0.05, 0) is 40.0 Å². The number of carbonyl (C=O) groups excluding carboxylic acids is 2. The Hall–Kier alpha value is -1.87. The number of hydrogen-bond acceptors (Lipinski definition) is 6. The highest BCUT2D eigenvalue weighted by Gasteiger charge is 2.15. The smallest absolute Gasteiger partial charge is 0.407 e. The van der Waals surface area contributed by atoms with Crippen molar-refractivity contribution >= 4 is 18.0 Å². The highest BCUT2D eigenvalue weighted by Crippen LogP contribution is 2.06. The molecule has 0 rings (SSSR count). The minimum atomic E-state index is -1.01. The van der Waals surface area contributed by atoms with Gasteiger partial charge in [0.05, 0.1) is 13.2 Å². The number of aliphatic carboxylic acids is 1. The molecule has 0 aliphatic rings. The van der Waals surface area contributed by atoms with Crippen LogP contribution in [-0.2, 0) is 19.1 Å². The Morgan fingerprint density at radius 1 is 1.08 bits per heavy atom. The Kier molecular flexibility index (Phi) is 11.6. The minimum Gasteiger partial charge on any atom is -0.480 e. The number of nitrogens with one attached hydrogen (secondary N) is 2. The van der Waals surface area contributed by atoms with Crippen LogP contribution in [0.15, 0.2) is 0 Å². The molecule has 0 aliphatic carbocycles. The van der Waals surface area contributed by atoms with Crippen LogP contribution in [0.1, 0.15) is 46.5 Å². The minimum absolute atomic E-state index is 0.136. The molecule has 0 aliphatic heterocycles. The van der Waals surface area contributed by atoms with Gasteiger partial charge in [-0.25, -0.2) is 4.79 Å². The molecule has 2 amide bonds. The fourth-order valence-electron chi connectivity index (χ4n) is 1.74. The van der Waals surface area contributed by atoms with Gasteiger partial charge in [-0.2, -0.15) is 0 Å². The average molecular weight is 361 g/mol. The Morgan fingerprint density at radius 2 is 1.76 bits per heavy atom. The van der Waals surface area contributed by atoms with Crippen molar-refractivity contribution in [3.8, 4) is 0 Å². The van der Waals surface area contributed by atoms with Crippen molar-refractivity contribution in [3.05, 3.63) is 0 Å². The van der Waals surface area contributed by atoms with Gasteiger partial charge in [-0.15, -0.1) is 0 Å². The van der Waals surface area contributed by atoms with E-state index in [1.165, 1.54) is 0 Å². The first-order valence-electron chi connectivity index (χ1n) is 8.41. The maximum absolute atomic E-state index is 11.5. The topological polar surface area (TPSA) is 140 Å². The summed E-state index contributed by atoms with van der Waals surface area (Å²) in [4.78, 5) is 33.4. The number of carboxylic acid groups (broad SMARTS) is 1. The van der Waals surface area contributed by atoms with Crippen LogP contribution >= 0.6 is 0 Å². The molecule has 0 aromatic carbocycles. The summed E-state index contributed by atoms with van der Waals surface area (Å²) in [7, 11) is 0. The van der Waals surface area contributed by atoms with Crippen molar-refractivity contribution < 1.29 is 29.0 Å². The number of rotatable bonds is 12. The van der Waals surface area contributed by atoms with Crippen molar-refractivity contribution in [1.29, 1.82) is 0 Å². The summed E-state index contributed by atoms with van der Waals surface area (Å²) in [5, 5.41) is 13.9. The van der Waals surface area contributed by atoms with Crippen LogP contribution < -0.4 is 16.4 Å². The van der Waals surface area contributed by atoms with E-state index < -0.39 is 23.7 Å². The highest BCUT2D eigenvalue weighted by molar-refractivity contribution is 5.75. The predicted octanol–water partition coefficient (Wildman–Crippen LogP) is 0.616.